The predicted molar refractivity (Wildman–Crippen MR) is 67.9 cm³/mol. The Morgan fingerprint density at radius 2 is 2.29 bits per heavy atom. The van der Waals surface area contributed by atoms with Crippen molar-refractivity contribution in [2.75, 3.05) is 12.3 Å². The number of rotatable bonds is 1. The molecule has 0 spiro atoms. The first kappa shape index (κ1) is 10.7. The summed E-state index contributed by atoms with van der Waals surface area (Å²) < 4.78 is 5.37. The van der Waals surface area contributed by atoms with Gasteiger partial charge >= 0.3 is 0 Å². The quantitative estimate of drug-likeness (QED) is 0.839. The fourth-order valence-corrected chi connectivity index (χ4v) is 2.82. The number of nitrogens with zero attached hydrogens (tertiary/aromatic N) is 2. The number of hydrogen-bond donors (Lipinski definition) is 1. The molecule has 2 N–H and O–H groups in total. The smallest absolute Gasteiger partial charge is 0.172 e. The summed E-state index contributed by atoms with van der Waals surface area (Å²) in [6, 6.07) is 2.07. The first-order chi connectivity index (χ1) is 8.25. The van der Waals surface area contributed by atoms with Crippen molar-refractivity contribution >= 4 is 17.2 Å². The van der Waals surface area contributed by atoms with Crippen LogP contribution in [0.15, 0.2) is 11.4 Å². The maximum atomic E-state index is 5.97. The minimum absolute atomic E-state index is 0.533. The van der Waals surface area contributed by atoms with Gasteiger partial charge in [0.1, 0.15) is 5.82 Å². The molecule has 0 aromatic carbocycles. The lowest BCUT2D eigenvalue weighted by Crippen LogP contribution is -2.16. The van der Waals surface area contributed by atoms with E-state index >= 15 is 0 Å². The van der Waals surface area contributed by atoms with Gasteiger partial charge in [0.25, 0.3) is 0 Å². The Bertz CT molecular complexity index is 565. The molecule has 2 aromatic heterocycles. The van der Waals surface area contributed by atoms with Crippen LogP contribution >= 0.6 is 11.3 Å². The van der Waals surface area contributed by atoms with E-state index in [0.29, 0.717) is 19.0 Å². The van der Waals surface area contributed by atoms with E-state index in [0.717, 1.165) is 28.4 Å². The Morgan fingerprint density at radius 1 is 1.41 bits per heavy atom. The minimum Gasteiger partial charge on any atom is -0.383 e. The summed E-state index contributed by atoms with van der Waals surface area (Å²) in [7, 11) is 0. The van der Waals surface area contributed by atoms with Crippen LogP contribution in [-0.4, -0.2) is 16.6 Å². The highest BCUT2D eigenvalue weighted by Gasteiger charge is 2.18. The summed E-state index contributed by atoms with van der Waals surface area (Å²) in [5, 5.41) is 2.05. The van der Waals surface area contributed by atoms with Gasteiger partial charge in [0.2, 0.25) is 0 Å². The summed E-state index contributed by atoms with van der Waals surface area (Å²) >= 11 is 1.65. The molecule has 5 heteroatoms. The molecular formula is C12H13N3OS. The maximum Gasteiger partial charge on any atom is 0.172 e. The van der Waals surface area contributed by atoms with Crippen molar-refractivity contribution in [1.82, 2.24) is 9.97 Å². The zero-order valence-electron chi connectivity index (χ0n) is 9.56. The molecule has 3 heterocycles. The highest BCUT2D eigenvalue weighted by molar-refractivity contribution is 7.13. The minimum atomic E-state index is 0.533. The number of nitrogen functional groups attached to an aromatic ring is 1. The van der Waals surface area contributed by atoms with Gasteiger partial charge in [-0.15, -0.1) is 11.3 Å². The number of aromatic nitrogens is 2. The Morgan fingerprint density at radius 3 is 3.06 bits per heavy atom. The SMILES string of the molecule is Cc1ccsc1-c1nc(N)c2c(n1)CCOC2. The van der Waals surface area contributed by atoms with Crippen molar-refractivity contribution < 1.29 is 4.74 Å². The Hall–Kier alpha value is -1.46. The fraction of sp³-hybridized carbons (Fsp3) is 0.333. The van der Waals surface area contributed by atoms with Gasteiger partial charge in [0, 0.05) is 12.0 Å². The molecule has 0 radical (unpaired) electrons. The molecule has 0 bridgehead atoms. The topological polar surface area (TPSA) is 61.0 Å². The Balaban J connectivity index is 2.14. The van der Waals surface area contributed by atoms with Gasteiger partial charge in [-0.05, 0) is 23.9 Å². The molecule has 0 atom stereocenters. The Kier molecular flexibility index (Phi) is 2.57. The second-order valence-corrected chi connectivity index (χ2v) is 5.01. The van der Waals surface area contributed by atoms with Gasteiger partial charge in [-0.1, -0.05) is 0 Å². The summed E-state index contributed by atoms with van der Waals surface area (Å²) in [5.74, 6) is 1.30. The monoisotopic (exact) mass is 247 g/mol. The lowest BCUT2D eigenvalue weighted by atomic mass is 10.1. The number of fused-ring (bicyclic) bond motifs is 1. The summed E-state index contributed by atoms with van der Waals surface area (Å²) in [5.41, 5.74) is 9.15. The molecule has 1 aliphatic rings. The van der Waals surface area contributed by atoms with Gasteiger partial charge in [0.05, 0.1) is 23.8 Å². The van der Waals surface area contributed by atoms with E-state index in [4.69, 9.17) is 10.5 Å². The summed E-state index contributed by atoms with van der Waals surface area (Å²) in [4.78, 5) is 10.1. The molecule has 0 fully saturated rings. The van der Waals surface area contributed by atoms with Crippen molar-refractivity contribution in [3.63, 3.8) is 0 Å². The molecule has 0 aliphatic carbocycles. The third-order valence-corrected chi connectivity index (χ3v) is 3.93. The van der Waals surface area contributed by atoms with Gasteiger partial charge in [-0.3, -0.25) is 0 Å². The average molecular weight is 247 g/mol. The molecule has 88 valence electrons. The first-order valence-corrected chi connectivity index (χ1v) is 6.41. The van der Waals surface area contributed by atoms with Crippen LogP contribution in [-0.2, 0) is 17.8 Å². The van der Waals surface area contributed by atoms with E-state index in [1.807, 2.05) is 5.38 Å². The van der Waals surface area contributed by atoms with E-state index < -0.39 is 0 Å². The number of anilines is 1. The largest absolute Gasteiger partial charge is 0.383 e. The number of nitrogens with two attached hydrogens (primary N) is 1. The van der Waals surface area contributed by atoms with Crippen LogP contribution < -0.4 is 5.73 Å². The van der Waals surface area contributed by atoms with Gasteiger partial charge in [-0.2, -0.15) is 0 Å². The zero-order chi connectivity index (χ0) is 11.8. The van der Waals surface area contributed by atoms with E-state index in [1.165, 1.54) is 5.56 Å². The molecule has 0 saturated carbocycles. The number of hydrogen-bond acceptors (Lipinski definition) is 5. The van der Waals surface area contributed by atoms with Crippen LogP contribution in [0.25, 0.3) is 10.7 Å². The molecule has 0 amide bonds. The molecule has 1 aliphatic heterocycles. The van der Waals surface area contributed by atoms with Gasteiger partial charge in [0.15, 0.2) is 5.82 Å². The van der Waals surface area contributed by atoms with Crippen molar-refractivity contribution in [3.8, 4) is 10.7 Å². The number of ether oxygens (including phenoxy) is 1. The van der Waals surface area contributed by atoms with E-state index in [1.54, 1.807) is 11.3 Å². The standard InChI is InChI=1S/C12H13N3OS/c1-7-3-5-17-10(7)12-14-9-2-4-16-6-8(9)11(13)15-12/h3,5H,2,4,6H2,1H3,(H2,13,14,15). The maximum absolute atomic E-state index is 5.97. The zero-order valence-corrected chi connectivity index (χ0v) is 10.4. The lowest BCUT2D eigenvalue weighted by molar-refractivity contribution is 0.109. The molecular weight excluding hydrogens is 234 g/mol. The molecule has 3 rings (SSSR count). The lowest BCUT2D eigenvalue weighted by Gasteiger charge is -2.17. The summed E-state index contributed by atoms with van der Waals surface area (Å²) in [6.07, 6.45) is 0.819. The molecule has 0 saturated heterocycles. The van der Waals surface area contributed by atoms with Crippen molar-refractivity contribution in [3.05, 3.63) is 28.3 Å². The van der Waals surface area contributed by atoms with Crippen LogP contribution in [0.1, 0.15) is 16.8 Å². The highest BCUT2D eigenvalue weighted by Crippen LogP contribution is 2.29. The number of aryl methyl sites for hydroxylation is 1. The first-order valence-electron chi connectivity index (χ1n) is 5.53. The Labute approximate surface area is 103 Å². The third kappa shape index (κ3) is 1.81. The molecule has 4 nitrogen and oxygen atoms in total. The van der Waals surface area contributed by atoms with Crippen molar-refractivity contribution in [1.29, 1.82) is 0 Å². The second-order valence-electron chi connectivity index (χ2n) is 4.09. The normalized spacial score (nSPS) is 14.6. The molecule has 2 aromatic rings. The van der Waals surface area contributed by atoms with Crippen molar-refractivity contribution in [2.24, 2.45) is 0 Å². The van der Waals surface area contributed by atoms with Gasteiger partial charge in [-0.25, -0.2) is 9.97 Å². The molecule has 0 unspecified atom stereocenters. The van der Waals surface area contributed by atoms with Crippen molar-refractivity contribution in [2.45, 2.75) is 20.0 Å². The highest BCUT2D eigenvalue weighted by atomic mass is 32.1. The average Bonchev–Trinajstić information content (AvgIpc) is 2.75. The van der Waals surface area contributed by atoms with Crippen LogP contribution in [0.4, 0.5) is 5.82 Å². The summed E-state index contributed by atoms with van der Waals surface area (Å²) in [6.45, 7) is 3.31. The predicted octanol–water partition coefficient (Wildman–Crippen LogP) is 2.17. The van der Waals surface area contributed by atoms with Crippen LogP contribution in [0.5, 0.6) is 0 Å². The molecule has 17 heavy (non-hydrogen) atoms. The van der Waals surface area contributed by atoms with E-state index in [-0.39, 0.29) is 0 Å². The number of thiophene rings is 1. The van der Waals surface area contributed by atoms with Gasteiger partial charge < -0.3 is 10.5 Å². The third-order valence-electron chi connectivity index (χ3n) is 2.92. The van der Waals surface area contributed by atoms with E-state index in [9.17, 15) is 0 Å². The van der Waals surface area contributed by atoms with Crippen LogP contribution in [0, 0.1) is 6.92 Å². The van der Waals surface area contributed by atoms with E-state index in [2.05, 4.69) is 23.0 Å². The second kappa shape index (κ2) is 4.09. The van der Waals surface area contributed by atoms with Crippen LogP contribution in [0.3, 0.4) is 0 Å². The van der Waals surface area contributed by atoms with Crippen LogP contribution in [0.2, 0.25) is 0 Å². The fourth-order valence-electron chi connectivity index (χ4n) is 1.96.